The van der Waals surface area contributed by atoms with Gasteiger partial charge in [0, 0.05) is 30.6 Å². The van der Waals surface area contributed by atoms with Gasteiger partial charge in [-0.15, -0.1) is 0 Å². The molecule has 7 nitrogen and oxygen atoms in total. The van der Waals surface area contributed by atoms with E-state index in [9.17, 15) is 27.5 Å². The second-order valence-corrected chi connectivity index (χ2v) is 6.78. The zero-order valence-electron chi connectivity index (χ0n) is 17.1. The van der Waals surface area contributed by atoms with Crippen LogP contribution in [0.4, 0.5) is 23.2 Å². The molecule has 1 aromatic carbocycles. The SMILES string of the molecule is CC(N)=C(C(=O)NCCO)C(CO)=Nc1ccnc(Cc2cc(F)cc(C(F)(F)F)c2)c1. The molecule has 0 atom stereocenters. The molecule has 2 aromatic rings. The van der Waals surface area contributed by atoms with Crippen LogP contribution in [0.15, 0.2) is 52.8 Å². The number of halogens is 4. The third kappa shape index (κ3) is 6.86. The number of aliphatic hydroxyl groups is 2. The van der Waals surface area contributed by atoms with Gasteiger partial charge in [-0.1, -0.05) is 0 Å². The lowest BCUT2D eigenvalue weighted by Gasteiger charge is -2.12. The van der Waals surface area contributed by atoms with Gasteiger partial charge in [-0.3, -0.25) is 9.78 Å². The number of rotatable bonds is 8. The highest BCUT2D eigenvalue weighted by Crippen LogP contribution is 2.31. The van der Waals surface area contributed by atoms with Crippen LogP contribution in [0.2, 0.25) is 0 Å². The van der Waals surface area contributed by atoms with Crippen LogP contribution in [-0.2, 0) is 17.4 Å². The highest BCUT2D eigenvalue weighted by atomic mass is 19.4. The van der Waals surface area contributed by atoms with Gasteiger partial charge in [0.15, 0.2) is 0 Å². The van der Waals surface area contributed by atoms with Crippen molar-refractivity contribution in [2.45, 2.75) is 19.5 Å². The molecule has 172 valence electrons. The first-order valence-electron chi connectivity index (χ1n) is 9.41. The summed E-state index contributed by atoms with van der Waals surface area (Å²) in [6.07, 6.45) is -3.45. The first-order chi connectivity index (χ1) is 15.0. The van der Waals surface area contributed by atoms with Crippen LogP contribution in [-0.4, -0.2) is 46.6 Å². The number of benzene rings is 1. The number of aliphatic imine (C=N–C) groups is 1. The van der Waals surface area contributed by atoms with E-state index in [4.69, 9.17) is 10.8 Å². The average molecular weight is 454 g/mol. The molecule has 0 aliphatic heterocycles. The second-order valence-electron chi connectivity index (χ2n) is 6.78. The van der Waals surface area contributed by atoms with Gasteiger partial charge in [0.05, 0.1) is 35.7 Å². The number of nitrogens with two attached hydrogens (primary N) is 1. The van der Waals surface area contributed by atoms with E-state index in [0.717, 1.165) is 12.1 Å². The number of allylic oxidation sites excluding steroid dienone is 1. The first kappa shape index (κ1) is 25.0. The predicted octanol–water partition coefficient (Wildman–Crippen LogP) is 2.24. The van der Waals surface area contributed by atoms with Crippen molar-refractivity contribution in [3.8, 4) is 0 Å². The lowest BCUT2D eigenvalue weighted by molar-refractivity contribution is -0.137. The number of hydrogen-bond acceptors (Lipinski definition) is 6. The van der Waals surface area contributed by atoms with Crippen LogP contribution in [0.5, 0.6) is 0 Å². The number of alkyl halides is 3. The number of carbonyl (C=O) groups excluding carboxylic acids is 1. The van der Waals surface area contributed by atoms with E-state index < -0.39 is 30.1 Å². The van der Waals surface area contributed by atoms with E-state index in [1.165, 1.54) is 25.3 Å². The van der Waals surface area contributed by atoms with E-state index in [0.29, 0.717) is 11.8 Å². The fourth-order valence-corrected chi connectivity index (χ4v) is 2.88. The average Bonchev–Trinajstić information content (AvgIpc) is 2.70. The fourth-order valence-electron chi connectivity index (χ4n) is 2.88. The van der Waals surface area contributed by atoms with Gasteiger partial charge in [-0.2, -0.15) is 13.2 Å². The number of amides is 1. The summed E-state index contributed by atoms with van der Waals surface area (Å²) in [5.41, 5.74) is 5.22. The molecule has 0 aliphatic carbocycles. The summed E-state index contributed by atoms with van der Waals surface area (Å²) in [4.78, 5) is 20.6. The van der Waals surface area contributed by atoms with E-state index in [-0.39, 0.29) is 47.8 Å². The molecule has 1 amide bonds. The summed E-state index contributed by atoms with van der Waals surface area (Å²) in [5.74, 6) is -1.66. The zero-order chi connectivity index (χ0) is 23.9. The van der Waals surface area contributed by atoms with Crippen LogP contribution in [0.1, 0.15) is 23.7 Å². The summed E-state index contributed by atoms with van der Waals surface area (Å²) in [6.45, 7) is 0.492. The number of nitrogens with zero attached hydrogens (tertiary/aromatic N) is 2. The quantitative estimate of drug-likeness (QED) is 0.277. The molecule has 0 aliphatic rings. The molecule has 1 heterocycles. The van der Waals surface area contributed by atoms with Gasteiger partial charge in [-0.05, 0) is 42.8 Å². The van der Waals surface area contributed by atoms with E-state index >= 15 is 0 Å². The Bertz CT molecular complexity index is 1030. The summed E-state index contributed by atoms with van der Waals surface area (Å²) in [6, 6.07) is 5.13. The van der Waals surface area contributed by atoms with Gasteiger partial charge in [0.25, 0.3) is 5.91 Å². The third-order valence-corrected chi connectivity index (χ3v) is 4.19. The maximum absolute atomic E-state index is 13.6. The van der Waals surface area contributed by atoms with Gasteiger partial charge < -0.3 is 21.3 Å². The molecule has 0 fully saturated rings. The maximum Gasteiger partial charge on any atom is 0.416 e. The number of carbonyl (C=O) groups is 1. The van der Waals surface area contributed by atoms with Crippen molar-refractivity contribution in [1.29, 1.82) is 0 Å². The van der Waals surface area contributed by atoms with Gasteiger partial charge >= 0.3 is 6.18 Å². The van der Waals surface area contributed by atoms with Crippen LogP contribution in [0.25, 0.3) is 0 Å². The lowest BCUT2D eigenvalue weighted by atomic mass is 10.0. The summed E-state index contributed by atoms with van der Waals surface area (Å²) in [7, 11) is 0. The molecule has 0 radical (unpaired) electrons. The Kier molecular flexibility index (Phi) is 8.44. The van der Waals surface area contributed by atoms with Crippen LogP contribution < -0.4 is 11.1 Å². The first-order valence-corrected chi connectivity index (χ1v) is 9.41. The van der Waals surface area contributed by atoms with Crippen molar-refractivity contribution in [2.24, 2.45) is 10.7 Å². The second kappa shape index (κ2) is 10.8. The smallest absolute Gasteiger partial charge is 0.402 e. The number of pyridine rings is 1. The highest BCUT2D eigenvalue weighted by Gasteiger charge is 2.31. The van der Waals surface area contributed by atoms with Gasteiger partial charge in [0.1, 0.15) is 5.82 Å². The summed E-state index contributed by atoms with van der Waals surface area (Å²) < 4.78 is 52.4. The Balaban J connectivity index is 2.36. The lowest BCUT2D eigenvalue weighted by Crippen LogP contribution is -2.33. The molecule has 0 saturated carbocycles. The summed E-state index contributed by atoms with van der Waals surface area (Å²) >= 11 is 0. The maximum atomic E-state index is 13.6. The molecular weight excluding hydrogens is 432 g/mol. The Hall–Kier alpha value is -3.31. The molecule has 0 unspecified atom stereocenters. The van der Waals surface area contributed by atoms with Crippen molar-refractivity contribution in [3.63, 3.8) is 0 Å². The van der Waals surface area contributed by atoms with E-state index in [1.807, 2.05) is 0 Å². The van der Waals surface area contributed by atoms with Crippen LogP contribution >= 0.6 is 0 Å². The molecule has 32 heavy (non-hydrogen) atoms. The molecular formula is C21H22F4N4O3. The fraction of sp³-hybridized carbons (Fsp3) is 0.286. The minimum absolute atomic E-state index is 0.0265. The Morgan fingerprint density at radius 3 is 2.53 bits per heavy atom. The molecule has 2 rings (SSSR count). The van der Waals surface area contributed by atoms with Crippen molar-refractivity contribution in [2.75, 3.05) is 19.8 Å². The van der Waals surface area contributed by atoms with E-state index in [1.54, 1.807) is 0 Å². The topological polar surface area (TPSA) is 121 Å². The number of aromatic nitrogens is 1. The molecule has 0 saturated heterocycles. The van der Waals surface area contributed by atoms with E-state index in [2.05, 4.69) is 15.3 Å². The zero-order valence-corrected chi connectivity index (χ0v) is 17.1. The number of aliphatic hydroxyl groups excluding tert-OH is 2. The molecule has 5 N–H and O–H groups in total. The summed E-state index contributed by atoms with van der Waals surface area (Å²) in [5, 5.41) is 21.0. The molecule has 1 aromatic heterocycles. The minimum Gasteiger partial charge on any atom is -0.402 e. The Morgan fingerprint density at radius 1 is 1.22 bits per heavy atom. The molecule has 0 bridgehead atoms. The number of nitrogens with one attached hydrogen (secondary N) is 1. The third-order valence-electron chi connectivity index (χ3n) is 4.19. The monoisotopic (exact) mass is 454 g/mol. The largest absolute Gasteiger partial charge is 0.416 e. The van der Waals surface area contributed by atoms with Crippen LogP contribution in [0, 0.1) is 5.82 Å². The standard InChI is InChI=1S/C21H22F4N4O3/c1-12(26)19(20(32)28-4-5-30)18(11-31)29-16-2-3-27-17(10-16)8-13-6-14(21(23,24)25)9-15(22)7-13/h2-3,6-7,9-10,30-31H,4-5,8,11,26H2,1H3,(H,28,32). The van der Waals surface area contributed by atoms with Gasteiger partial charge in [-0.25, -0.2) is 9.38 Å². The van der Waals surface area contributed by atoms with Crippen molar-refractivity contribution < 1.29 is 32.6 Å². The van der Waals surface area contributed by atoms with Gasteiger partial charge in [0.2, 0.25) is 0 Å². The highest BCUT2D eigenvalue weighted by molar-refractivity contribution is 6.23. The normalized spacial score (nSPS) is 13.0. The Morgan fingerprint density at radius 2 is 1.94 bits per heavy atom. The molecule has 11 heteroatoms. The predicted molar refractivity (Wildman–Crippen MR) is 110 cm³/mol. The Labute approximate surface area is 181 Å². The van der Waals surface area contributed by atoms with Crippen molar-refractivity contribution in [3.05, 3.63) is 70.4 Å². The number of hydrogen-bond donors (Lipinski definition) is 4. The van der Waals surface area contributed by atoms with Crippen molar-refractivity contribution in [1.82, 2.24) is 10.3 Å². The van der Waals surface area contributed by atoms with Crippen LogP contribution in [0.3, 0.4) is 0 Å². The van der Waals surface area contributed by atoms with Crippen molar-refractivity contribution >= 4 is 17.3 Å². The minimum atomic E-state index is -4.69. The molecule has 0 spiro atoms.